The number of carbonyl (C=O) groups is 1. The number of ether oxygens (including phenoxy) is 1. The summed E-state index contributed by atoms with van der Waals surface area (Å²) in [5, 5.41) is 11.7. The highest BCUT2D eigenvalue weighted by Crippen LogP contribution is 1.95. The lowest BCUT2D eigenvalue weighted by Crippen LogP contribution is -2.43. The van der Waals surface area contributed by atoms with Gasteiger partial charge in [0.05, 0.1) is 13.7 Å². The molecule has 0 saturated heterocycles. The number of rotatable bonds is 5. The van der Waals surface area contributed by atoms with E-state index in [4.69, 9.17) is 5.11 Å². The Bertz CT molecular complexity index is 138. The molecule has 4 nitrogen and oxygen atoms in total. The second kappa shape index (κ2) is 5.97. The van der Waals surface area contributed by atoms with Crippen molar-refractivity contribution in [1.29, 1.82) is 0 Å². The molecule has 0 saturated carbocycles. The third-order valence-corrected chi connectivity index (χ3v) is 1.65. The molecule has 0 heterocycles. The van der Waals surface area contributed by atoms with E-state index in [2.05, 4.69) is 10.1 Å². The van der Waals surface area contributed by atoms with Crippen LogP contribution in [-0.2, 0) is 9.53 Å². The van der Waals surface area contributed by atoms with Crippen LogP contribution in [0.3, 0.4) is 0 Å². The van der Waals surface area contributed by atoms with Crippen LogP contribution in [0.15, 0.2) is 0 Å². The van der Waals surface area contributed by atoms with E-state index in [1.807, 2.05) is 13.8 Å². The van der Waals surface area contributed by atoms with Crippen LogP contribution in [0.4, 0.5) is 0 Å². The molecule has 0 aliphatic carbocycles. The van der Waals surface area contributed by atoms with E-state index in [1.54, 1.807) is 0 Å². The third-order valence-electron chi connectivity index (χ3n) is 1.65. The Morgan fingerprint density at radius 1 is 1.67 bits per heavy atom. The molecule has 0 aromatic heterocycles. The molecule has 12 heavy (non-hydrogen) atoms. The first-order valence-electron chi connectivity index (χ1n) is 4.10. The van der Waals surface area contributed by atoms with Gasteiger partial charge in [0, 0.05) is 6.04 Å². The van der Waals surface area contributed by atoms with Crippen molar-refractivity contribution in [3.05, 3.63) is 0 Å². The number of aliphatic hydroxyl groups is 1. The third kappa shape index (κ3) is 3.69. The number of esters is 1. The predicted octanol–water partition coefficient (Wildman–Crippen LogP) is -0.0916. The standard InChI is InChI=1S/C8H17NO3/c1-4-7(8(11)12-3)9-6(2)5-10/h6-7,9-10H,4-5H2,1-3H3/t6-,7?/m1/s1. The van der Waals surface area contributed by atoms with Gasteiger partial charge in [0.15, 0.2) is 0 Å². The van der Waals surface area contributed by atoms with Gasteiger partial charge in [-0.25, -0.2) is 0 Å². The highest BCUT2D eigenvalue weighted by Gasteiger charge is 2.17. The van der Waals surface area contributed by atoms with Crippen LogP contribution in [0.5, 0.6) is 0 Å². The Morgan fingerprint density at radius 3 is 2.58 bits per heavy atom. The van der Waals surface area contributed by atoms with E-state index in [0.717, 1.165) is 0 Å². The minimum Gasteiger partial charge on any atom is -0.468 e. The van der Waals surface area contributed by atoms with Crippen LogP contribution in [0, 0.1) is 0 Å². The van der Waals surface area contributed by atoms with Crippen LogP contribution >= 0.6 is 0 Å². The van der Waals surface area contributed by atoms with Crippen LogP contribution in [-0.4, -0.2) is 36.9 Å². The van der Waals surface area contributed by atoms with Crippen LogP contribution in [0.1, 0.15) is 20.3 Å². The molecule has 0 bridgehead atoms. The summed E-state index contributed by atoms with van der Waals surface area (Å²) in [6.45, 7) is 3.72. The lowest BCUT2D eigenvalue weighted by atomic mass is 10.2. The molecule has 72 valence electrons. The molecule has 0 aromatic carbocycles. The normalized spacial score (nSPS) is 15.3. The molecule has 0 radical (unpaired) electrons. The van der Waals surface area contributed by atoms with E-state index in [-0.39, 0.29) is 24.7 Å². The summed E-state index contributed by atoms with van der Waals surface area (Å²) in [5.74, 6) is -0.280. The highest BCUT2D eigenvalue weighted by atomic mass is 16.5. The van der Waals surface area contributed by atoms with Gasteiger partial charge in [-0.1, -0.05) is 6.92 Å². The molecule has 0 aromatic rings. The zero-order chi connectivity index (χ0) is 9.56. The van der Waals surface area contributed by atoms with Crippen molar-refractivity contribution in [1.82, 2.24) is 5.32 Å². The lowest BCUT2D eigenvalue weighted by molar-refractivity contribution is -0.143. The Labute approximate surface area is 72.9 Å². The summed E-state index contributed by atoms with van der Waals surface area (Å²) in [5.41, 5.74) is 0. The Kier molecular flexibility index (Phi) is 5.66. The average molecular weight is 175 g/mol. The van der Waals surface area contributed by atoms with Gasteiger partial charge in [-0.2, -0.15) is 0 Å². The summed E-state index contributed by atoms with van der Waals surface area (Å²) >= 11 is 0. The molecular weight excluding hydrogens is 158 g/mol. The zero-order valence-corrected chi connectivity index (χ0v) is 7.83. The first kappa shape index (κ1) is 11.4. The molecular formula is C8H17NO3. The topological polar surface area (TPSA) is 58.6 Å². The number of methoxy groups -OCH3 is 1. The van der Waals surface area contributed by atoms with Crippen molar-refractivity contribution < 1.29 is 14.6 Å². The molecule has 0 aliphatic heterocycles. The number of hydrogen-bond donors (Lipinski definition) is 2. The van der Waals surface area contributed by atoms with Gasteiger partial charge in [0.1, 0.15) is 6.04 Å². The molecule has 2 N–H and O–H groups in total. The Balaban J connectivity index is 3.90. The quantitative estimate of drug-likeness (QED) is 0.573. The average Bonchev–Trinajstić information content (AvgIpc) is 2.12. The molecule has 0 amide bonds. The maximum atomic E-state index is 11.0. The van der Waals surface area contributed by atoms with E-state index in [9.17, 15) is 4.79 Å². The summed E-state index contributed by atoms with van der Waals surface area (Å²) < 4.78 is 4.57. The van der Waals surface area contributed by atoms with Gasteiger partial charge >= 0.3 is 5.97 Å². The number of hydrogen-bond acceptors (Lipinski definition) is 4. The number of carbonyl (C=O) groups excluding carboxylic acids is 1. The minimum absolute atomic E-state index is 0.0213. The molecule has 0 rings (SSSR count). The molecule has 4 heteroatoms. The Morgan fingerprint density at radius 2 is 2.25 bits per heavy atom. The van der Waals surface area contributed by atoms with Crippen molar-refractivity contribution in [3.8, 4) is 0 Å². The van der Waals surface area contributed by atoms with Crippen molar-refractivity contribution in [2.45, 2.75) is 32.4 Å². The molecule has 2 atom stereocenters. The molecule has 0 aliphatic rings. The van der Waals surface area contributed by atoms with Crippen molar-refractivity contribution in [2.75, 3.05) is 13.7 Å². The summed E-state index contributed by atoms with van der Waals surface area (Å²) in [7, 11) is 1.36. The monoisotopic (exact) mass is 175 g/mol. The van der Waals surface area contributed by atoms with Gasteiger partial charge in [-0.05, 0) is 13.3 Å². The largest absolute Gasteiger partial charge is 0.468 e. The summed E-state index contributed by atoms with van der Waals surface area (Å²) in [4.78, 5) is 11.0. The molecule has 1 unspecified atom stereocenters. The predicted molar refractivity (Wildman–Crippen MR) is 45.8 cm³/mol. The van der Waals surface area contributed by atoms with Crippen molar-refractivity contribution in [2.24, 2.45) is 0 Å². The zero-order valence-electron chi connectivity index (χ0n) is 7.83. The summed E-state index contributed by atoms with van der Waals surface area (Å²) in [6, 6.07) is -0.383. The number of aliphatic hydroxyl groups excluding tert-OH is 1. The van der Waals surface area contributed by atoms with E-state index < -0.39 is 0 Å². The maximum absolute atomic E-state index is 11.0. The fourth-order valence-corrected chi connectivity index (χ4v) is 0.891. The summed E-state index contributed by atoms with van der Waals surface area (Å²) in [6.07, 6.45) is 0.664. The second-order valence-electron chi connectivity index (χ2n) is 2.73. The van der Waals surface area contributed by atoms with Crippen LogP contribution in [0.25, 0.3) is 0 Å². The number of nitrogens with one attached hydrogen (secondary N) is 1. The van der Waals surface area contributed by atoms with Gasteiger partial charge in [0.2, 0.25) is 0 Å². The highest BCUT2D eigenvalue weighted by molar-refractivity contribution is 5.75. The van der Waals surface area contributed by atoms with Crippen molar-refractivity contribution >= 4 is 5.97 Å². The maximum Gasteiger partial charge on any atom is 0.322 e. The van der Waals surface area contributed by atoms with Crippen molar-refractivity contribution in [3.63, 3.8) is 0 Å². The SMILES string of the molecule is CCC(N[C@H](C)CO)C(=O)OC. The van der Waals surface area contributed by atoms with E-state index >= 15 is 0 Å². The van der Waals surface area contributed by atoms with Crippen LogP contribution in [0.2, 0.25) is 0 Å². The Hall–Kier alpha value is -0.610. The molecule has 0 spiro atoms. The lowest BCUT2D eigenvalue weighted by Gasteiger charge is -2.18. The second-order valence-corrected chi connectivity index (χ2v) is 2.73. The van der Waals surface area contributed by atoms with E-state index in [1.165, 1.54) is 7.11 Å². The van der Waals surface area contributed by atoms with Gasteiger partial charge in [-0.3, -0.25) is 10.1 Å². The smallest absolute Gasteiger partial charge is 0.322 e. The van der Waals surface area contributed by atoms with Crippen LogP contribution < -0.4 is 5.32 Å². The first-order valence-corrected chi connectivity index (χ1v) is 4.10. The first-order chi connectivity index (χ1) is 5.65. The van der Waals surface area contributed by atoms with Gasteiger partial charge < -0.3 is 9.84 Å². The fourth-order valence-electron chi connectivity index (χ4n) is 0.891. The minimum atomic E-state index is -0.308. The van der Waals surface area contributed by atoms with Gasteiger partial charge in [0.25, 0.3) is 0 Å². The molecule has 0 fully saturated rings. The van der Waals surface area contributed by atoms with Gasteiger partial charge in [-0.15, -0.1) is 0 Å². The fraction of sp³-hybridized carbons (Fsp3) is 0.875. The van der Waals surface area contributed by atoms with E-state index in [0.29, 0.717) is 6.42 Å².